The van der Waals surface area contributed by atoms with E-state index >= 15 is 0 Å². The number of nitrogens with zero attached hydrogens (tertiary/aromatic N) is 1. The Morgan fingerprint density at radius 1 is 1.24 bits per heavy atom. The Bertz CT molecular complexity index is 406. The summed E-state index contributed by atoms with van der Waals surface area (Å²) in [4.78, 5) is 36.5. The molecule has 0 bridgehead atoms. The number of rotatable bonds is 4. The van der Waals surface area contributed by atoms with Crippen molar-refractivity contribution in [1.29, 1.82) is 0 Å². The van der Waals surface area contributed by atoms with Gasteiger partial charge in [-0.15, -0.1) is 0 Å². The van der Waals surface area contributed by atoms with Gasteiger partial charge in [0.2, 0.25) is 5.91 Å². The summed E-state index contributed by atoms with van der Waals surface area (Å²) in [6, 6.07) is -0.405. The van der Waals surface area contributed by atoms with Crippen LogP contribution in [0.15, 0.2) is 0 Å². The molecule has 0 aromatic carbocycles. The summed E-state index contributed by atoms with van der Waals surface area (Å²) in [7, 11) is 0. The number of nitrogens with one attached hydrogen (secondary N) is 1. The first-order valence-corrected chi connectivity index (χ1v) is 7.58. The first kappa shape index (κ1) is 17.5. The molecular weight excluding hydrogens is 272 g/mol. The molecule has 0 radical (unpaired) electrons. The van der Waals surface area contributed by atoms with Gasteiger partial charge in [0.15, 0.2) is 0 Å². The molecule has 6 heteroatoms. The maximum atomic E-state index is 12.1. The number of carbonyl (C=O) groups is 3. The molecule has 1 saturated heterocycles. The van der Waals surface area contributed by atoms with Crippen LogP contribution >= 0.6 is 0 Å². The molecule has 1 atom stereocenters. The molecule has 1 rings (SSSR count). The number of hydrogen-bond acceptors (Lipinski definition) is 3. The van der Waals surface area contributed by atoms with Crippen molar-refractivity contribution in [1.82, 2.24) is 10.2 Å². The highest BCUT2D eigenvalue weighted by atomic mass is 16.4. The lowest BCUT2D eigenvalue weighted by Crippen LogP contribution is -2.45. The van der Waals surface area contributed by atoms with Gasteiger partial charge >= 0.3 is 12.0 Å². The Morgan fingerprint density at radius 2 is 1.90 bits per heavy atom. The SMILES string of the molecule is CCC1CCCN(C(=O)NC(=O)CC(C)(C)C(=O)O)CC1. The van der Waals surface area contributed by atoms with Crippen LogP contribution in [0.1, 0.15) is 52.9 Å². The van der Waals surface area contributed by atoms with Gasteiger partial charge in [-0.1, -0.05) is 13.3 Å². The minimum absolute atomic E-state index is 0.209. The molecule has 1 aliphatic heterocycles. The van der Waals surface area contributed by atoms with Crippen molar-refractivity contribution in [2.24, 2.45) is 11.3 Å². The number of aliphatic carboxylic acids is 1. The van der Waals surface area contributed by atoms with Gasteiger partial charge < -0.3 is 10.0 Å². The molecule has 6 nitrogen and oxygen atoms in total. The van der Waals surface area contributed by atoms with Crippen molar-refractivity contribution in [3.05, 3.63) is 0 Å². The van der Waals surface area contributed by atoms with Gasteiger partial charge in [-0.2, -0.15) is 0 Å². The lowest BCUT2D eigenvalue weighted by Gasteiger charge is -2.22. The lowest BCUT2D eigenvalue weighted by atomic mass is 9.89. The van der Waals surface area contributed by atoms with Crippen molar-refractivity contribution >= 4 is 17.9 Å². The minimum atomic E-state index is -1.17. The molecule has 1 heterocycles. The van der Waals surface area contributed by atoms with Gasteiger partial charge in [-0.05, 0) is 39.0 Å². The molecule has 2 N–H and O–H groups in total. The van der Waals surface area contributed by atoms with Crippen molar-refractivity contribution in [3.63, 3.8) is 0 Å². The third-order valence-corrected chi connectivity index (χ3v) is 4.14. The minimum Gasteiger partial charge on any atom is -0.481 e. The van der Waals surface area contributed by atoms with Gasteiger partial charge in [0, 0.05) is 19.5 Å². The van der Waals surface area contributed by atoms with E-state index in [0.29, 0.717) is 19.0 Å². The van der Waals surface area contributed by atoms with E-state index in [-0.39, 0.29) is 6.42 Å². The smallest absolute Gasteiger partial charge is 0.324 e. The van der Waals surface area contributed by atoms with E-state index in [2.05, 4.69) is 12.2 Å². The molecule has 0 spiro atoms. The van der Waals surface area contributed by atoms with Crippen molar-refractivity contribution < 1.29 is 19.5 Å². The van der Waals surface area contributed by atoms with Crippen molar-refractivity contribution in [2.75, 3.05) is 13.1 Å². The first-order chi connectivity index (χ1) is 9.76. The fourth-order valence-corrected chi connectivity index (χ4v) is 2.50. The lowest BCUT2D eigenvalue weighted by molar-refractivity contribution is -0.149. The zero-order valence-corrected chi connectivity index (χ0v) is 13.1. The van der Waals surface area contributed by atoms with Crippen LogP contribution in [0.4, 0.5) is 4.79 Å². The van der Waals surface area contributed by atoms with E-state index in [4.69, 9.17) is 5.11 Å². The van der Waals surface area contributed by atoms with E-state index in [1.807, 2.05) is 0 Å². The molecule has 1 unspecified atom stereocenters. The predicted molar refractivity (Wildman–Crippen MR) is 78.8 cm³/mol. The van der Waals surface area contributed by atoms with Gasteiger partial charge in [-0.3, -0.25) is 14.9 Å². The molecule has 0 aromatic heterocycles. The number of amides is 3. The van der Waals surface area contributed by atoms with Crippen LogP contribution in [-0.4, -0.2) is 41.0 Å². The summed E-state index contributed by atoms with van der Waals surface area (Å²) in [5.74, 6) is -0.946. The highest BCUT2D eigenvalue weighted by molar-refractivity contribution is 5.96. The van der Waals surface area contributed by atoms with Crippen LogP contribution < -0.4 is 5.32 Å². The summed E-state index contributed by atoms with van der Waals surface area (Å²) in [6.45, 7) is 6.39. The Labute approximate surface area is 125 Å². The predicted octanol–water partition coefficient (Wildman–Crippen LogP) is 2.24. The van der Waals surface area contributed by atoms with E-state index in [1.54, 1.807) is 4.90 Å². The van der Waals surface area contributed by atoms with Crippen LogP contribution in [-0.2, 0) is 9.59 Å². The summed E-state index contributed by atoms with van der Waals surface area (Å²) < 4.78 is 0. The maximum absolute atomic E-state index is 12.1. The number of likely N-dealkylation sites (tertiary alicyclic amines) is 1. The number of carboxylic acid groups (broad SMARTS) is 1. The standard InChI is InChI=1S/C15H26N2O4/c1-4-11-6-5-8-17(9-7-11)14(21)16-12(18)10-15(2,3)13(19)20/h11H,4-10H2,1-3H3,(H,19,20)(H,16,18,21). The summed E-state index contributed by atoms with van der Waals surface area (Å²) in [5.41, 5.74) is -1.17. The Morgan fingerprint density at radius 3 is 2.48 bits per heavy atom. The van der Waals surface area contributed by atoms with Crippen molar-refractivity contribution in [3.8, 4) is 0 Å². The van der Waals surface area contributed by atoms with Gasteiger partial charge in [0.05, 0.1) is 5.41 Å². The Kier molecular flexibility index (Phi) is 6.18. The number of imide groups is 1. The number of urea groups is 1. The van der Waals surface area contributed by atoms with E-state index in [0.717, 1.165) is 25.7 Å². The average molecular weight is 298 g/mol. The number of carboxylic acids is 1. The highest BCUT2D eigenvalue weighted by Crippen LogP contribution is 2.21. The van der Waals surface area contributed by atoms with Gasteiger partial charge in [0.1, 0.15) is 0 Å². The van der Waals surface area contributed by atoms with Crippen LogP contribution in [0.5, 0.6) is 0 Å². The Balaban J connectivity index is 2.49. The molecule has 21 heavy (non-hydrogen) atoms. The molecule has 0 saturated carbocycles. The largest absolute Gasteiger partial charge is 0.481 e. The topological polar surface area (TPSA) is 86.7 Å². The summed E-state index contributed by atoms with van der Waals surface area (Å²) in [5, 5.41) is 11.3. The zero-order valence-electron chi connectivity index (χ0n) is 13.1. The summed E-state index contributed by atoms with van der Waals surface area (Å²) in [6.07, 6.45) is 3.92. The molecule has 0 aromatic rings. The monoisotopic (exact) mass is 298 g/mol. The second-order valence-electron chi connectivity index (χ2n) is 6.41. The average Bonchev–Trinajstić information content (AvgIpc) is 2.62. The molecule has 0 aliphatic carbocycles. The van der Waals surface area contributed by atoms with Crippen LogP contribution in [0.3, 0.4) is 0 Å². The highest BCUT2D eigenvalue weighted by Gasteiger charge is 2.31. The molecule has 1 fully saturated rings. The zero-order chi connectivity index (χ0) is 16.0. The van der Waals surface area contributed by atoms with Crippen LogP contribution in [0.25, 0.3) is 0 Å². The maximum Gasteiger partial charge on any atom is 0.324 e. The van der Waals surface area contributed by atoms with E-state index < -0.39 is 23.3 Å². The number of hydrogen-bond donors (Lipinski definition) is 2. The molecular formula is C15H26N2O4. The first-order valence-electron chi connectivity index (χ1n) is 7.58. The quantitative estimate of drug-likeness (QED) is 0.833. The third kappa shape index (κ3) is 5.36. The second kappa shape index (κ2) is 7.43. The van der Waals surface area contributed by atoms with Crippen LogP contribution in [0, 0.1) is 11.3 Å². The summed E-state index contributed by atoms with van der Waals surface area (Å²) >= 11 is 0. The fourth-order valence-electron chi connectivity index (χ4n) is 2.50. The number of carbonyl (C=O) groups excluding carboxylic acids is 2. The normalized spacial score (nSPS) is 19.8. The Hall–Kier alpha value is -1.59. The molecule has 3 amide bonds. The van der Waals surface area contributed by atoms with Gasteiger partial charge in [-0.25, -0.2) is 4.79 Å². The van der Waals surface area contributed by atoms with Crippen molar-refractivity contribution in [2.45, 2.75) is 52.9 Å². The second-order valence-corrected chi connectivity index (χ2v) is 6.41. The van der Waals surface area contributed by atoms with Gasteiger partial charge in [0.25, 0.3) is 0 Å². The third-order valence-electron chi connectivity index (χ3n) is 4.14. The fraction of sp³-hybridized carbons (Fsp3) is 0.800. The van der Waals surface area contributed by atoms with E-state index in [9.17, 15) is 14.4 Å². The van der Waals surface area contributed by atoms with Crippen LogP contribution in [0.2, 0.25) is 0 Å². The molecule has 1 aliphatic rings. The van der Waals surface area contributed by atoms with E-state index in [1.165, 1.54) is 13.8 Å². The molecule has 120 valence electrons.